The van der Waals surface area contributed by atoms with E-state index in [9.17, 15) is 9.59 Å². The summed E-state index contributed by atoms with van der Waals surface area (Å²) in [4.78, 5) is 28.2. The van der Waals surface area contributed by atoms with Gasteiger partial charge < -0.3 is 29.4 Å². The predicted molar refractivity (Wildman–Crippen MR) is 111 cm³/mol. The summed E-state index contributed by atoms with van der Waals surface area (Å²) in [5.41, 5.74) is 1.57. The van der Waals surface area contributed by atoms with Crippen LogP contribution in [0.15, 0.2) is 23.7 Å². The van der Waals surface area contributed by atoms with E-state index in [0.717, 1.165) is 25.7 Å². The van der Waals surface area contributed by atoms with E-state index in [-0.39, 0.29) is 24.7 Å². The van der Waals surface area contributed by atoms with E-state index in [1.165, 1.54) is 11.3 Å². The molecule has 1 aliphatic heterocycles. The monoisotopic (exact) mass is 448 g/mol. The number of hydrogen-bond donors (Lipinski definition) is 2. The zero-order valence-corrected chi connectivity index (χ0v) is 17.9. The van der Waals surface area contributed by atoms with E-state index >= 15 is 0 Å². The van der Waals surface area contributed by atoms with Crippen LogP contribution < -0.4 is 19.5 Å². The molecule has 1 aromatic carbocycles. The van der Waals surface area contributed by atoms with Crippen LogP contribution in [0.25, 0.3) is 0 Å². The molecule has 166 valence electrons. The highest BCUT2D eigenvalue weighted by Gasteiger charge is 2.26. The highest BCUT2D eigenvalue weighted by atomic mass is 32.1. The molecule has 10 heteroatoms. The van der Waals surface area contributed by atoms with Crippen molar-refractivity contribution in [3.8, 4) is 23.1 Å². The van der Waals surface area contributed by atoms with Gasteiger partial charge in [-0.3, -0.25) is 4.79 Å². The number of amides is 1. The second-order valence-corrected chi connectivity index (χ2v) is 8.43. The lowest BCUT2D eigenvalue weighted by atomic mass is 9.87. The van der Waals surface area contributed by atoms with Crippen molar-refractivity contribution >= 4 is 23.2 Å². The number of rotatable bonds is 8. The maximum atomic E-state index is 12.7. The van der Waals surface area contributed by atoms with Crippen molar-refractivity contribution in [2.24, 2.45) is 5.92 Å². The Morgan fingerprint density at radius 1 is 1.26 bits per heavy atom. The smallest absolute Gasteiger partial charge is 0.332 e. The molecule has 2 aliphatic rings. The lowest BCUT2D eigenvalue weighted by Gasteiger charge is -2.29. The molecular formula is C21H24N2O7S. The molecule has 1 saturated carbocycles. The molecule has 0 bridgehead atoms. The molecule has 1 aromatic heterocycles. The molecule has 4 rings (SSSR count). The van der Waals surface area contributed by atoms with Crippen molar-refractivity contribution < 1.29 is 33.6 Å². The van der Waals surface area contributed by atoms with E-state index in [1.807, 2.05) is 0 Å². The average molecular weight is 448 g/mol. The minimum atomic E-state index is -0.947. The molecule has 1 unspecified atom stereocenters. The van der Waals surface area contributed by atoms with E-state index in [0.29, 0.717) is 34.6 Å². The zero-order chi connectivity index (χ0) is 21.8. The highest BCUT2D eigenvalue weighted by molar-refractivity contribution is 7.12. The van der Waals surface area contributed by atoms with E-state index in [1.54, 1.807) is 30.6 Å². The van der Waals surface area contributed by atoms with E-state index in [2.05, 4.69) is 10.3 Å². The Morgan fingerprint density at radius 3 is 2.81 bits per heavy atom. The van der Waals surface area contributed by atoms with Gasteiger partial charge in [0.2, 0.25) is 12.7 Å². The van der Waals surface area contributed by atoms with Crippen LogP contribution in [0.1, 0.15) is 42.3 Å². The van der Waals surface area contributed by atoms with Gasteiger partial charge in [-0.15, -0.1) is 11.3 Å². The molecule has 1 amide bonds. The minimum absolute atomic E-state index is 0.0405. The second kappa shape index (κ2) is 9.52. The van der Waals surface area contributed by atoms with Crippen LogP contribution in [-0.2, 0) is 9.53 Å². The first kappa shape index (κ1) is 21.4. The fourth-order valence-electron chi connectivity index (χ4n) is 3.65. The molecule has 1 atom stereocenters. The quantitative estimate of drug-likeness (QED) is 0.631. The molecule has 9 nitrogen and oxygen atoms in total. The lowest BCUT2D eigenvalue weighted by molar-refractivity contribution is -0.154. The molecule has 2 heterocycles. The zero-order valence-electron chi connectivity index (χ0n) is 17.0. The summed E-state index contributed by atoms with van der Waals surface area (Å²) in [7, 11) is 0. The SMILES string of the molecule is CC(OC1CCC(CNC(=O)c2scnc2Oc2ccc3c(c2)OCO3)CC1)C(=O)O. The van der Waals surface area contributed by atoms with E-state index < -0.39 is 12.1 Å². The number of fused-ring (bicyclic) bond motifs is 1. The third-order valence-electron chi connectivity index (χ3n) is 5.39. The van der Waals surface area contributed by atoms with Gasteiger partial charge in [-0.25, -0.2) is 9.78 Å². The van der Waals surface area contributed by atoms with Crippen LogP contribution in [-0.4, -0.2) is 47.5 Å². The number of carboxylic acid groups (broad SMARTS) is 1. The number of aromatic nitrogens is 1. The first-order chi connectivity index (χ1) is 15.0. The third-order valence-corrected chi connectivity index (χ3v) is 6.20. The van der Waals surface area contributed by atoms with Crippen LogP contribution in [0, 0.1) is 5.92 Å². The largest absolute Gasteiger partial charge is 0.479 e. The van der Waals surface area contributed by atoms with Crippen LogP contribution in [0.4, 0.5) is 0 Å². The number of nitrogens with one attached hydrogen (secondary N) is 1. The molecule has 1 fully saturated rings. The molecule has 31 heavy (non-hydrogen) atoms. The summed E-state index contributed by atoms with van der Waals surface area (Å²) in [6.07, 6.45) is 2.49. The number of benzene rings is 1. The summed E-state index contributed by atoms with van der Waals surface area (Å²) in [5, 5.41) is 11.9. The summed E-state index contributed by atoms with van der Waals surface area (Å²) in [6.45, 7) is 2.27. The summed E-state index contributed by atoms with van der Waals surface area (Å²) < 4.78 is 22.0. The molecule has 0 radical (unpaired) electrons. The molecule has 2 N–H and O–H groups in total. The van der Waals surface area contributed by atoms with Gasteiger partial charge in [0.1, 0.15) is 5.75 Å². The molecular weight excluding hydrogens is 424 g/mol. The second-order valence-electron chi connectivity index (χ2n) is 7.57. The molecule has 0 spiro atoms. The number of carbonyl (C=O) groups is 2. The number of carbonyl (C=O) groups excluding carboxylic acids is 1. The average Bonchev–Trinajstić information content (AvgIpc) is 3.42. The Morgan fingerprint density at radius 2 is 2.03 bits per heavy atom. The van der Waals surface area contributed by atoms with Crippen molar-refractivity contribution in [1.82, 2.24) is 10.3 Å². The summed E-state index contributed by atoms with van der Waals surface area (Å²) in [6, 6.07) is 5.19. The molecule has 2 aromatic rings. The van der Waals surface area contributed by atoms with Gasteiger partial charge in [0, 0.05) is 12.6 Å². The third kappa shape index (κ3) is 5.26. The maximum absolute atomic E-state index is 12.7. The standard InChI is InChI=1S/C21H24N2O7S/c1-12(21(25)26)29-14-4-2-13(3-5-14)9-22-19(24)18-20(23-10-31-18)30-15-6-7-16-17(8-15)28-11-27-16/h6-8,10,12-14H,2-5,9,11H2,1H3,(H,22,24)(H,25,26). The van der Waals surface area contributed by atoms with Crippen molar-refractivity contribution in [3.05, 3.63) is 28.6 Å². The number of hydrogen-bond acceptors (Lipinski definition) is 8. The Bertz CT molecular complexity index is 940. The Kier molecular flexibility index (Phi) is 6.57. The topological polar surface area (TPSA) is 116 Å². The summed E-state index contributed by atoms with van der Waals surface area (Å²) >= 11 is 1.22. The Hall–Kier alpha value is -2.85. The number of nitrogens with zero attached hydrogens (tertiary/aromatic N) is 1. The number of ether oxygens (including phenoxy) is 4. The van der Waals surface area contributed by atoms with Gasteiger partial charge in [0.05, 0.1) is 11.6 Å². The van der Waals surface area contributed by atoms with Crippen LogP contribution in [0.2, 0.25) is 0 Å². The maximum Gasteiger partial charge on any atom is 0.332 e. The van der Waals surface area contributed by atoms with E-state index in [4.69, 9.17) is 24.1 Å². The fourth-order valence-corrected chi connectivity index (χ4v) is 4.28. The summed E-state index contributed by atoms with van der Waals surface area (Å²) in [5.74, 6) is 1.17. The van der Waals surface area contributed by atoms with Crippen molar-refractivity contribution in [1.29, 1.82) is 0 Å². The molecule has 0 saturated heterocycles. The van der Waals surface area contributed by atoms with Gasteiger partial charge >= 0.3 is 5.97 Å². The number of carboxylic acids is 1. The Labute approximate surface area is 183 Å². The lowest BCUT2D eigenvalue weighted by Crippen LogP contribution is -2.34. The predicted octanol–water partition coefficient (Wildman–Crippen LogP) is 3.44. The van der Waals surface area contributed by atoms with Gasteiger partial charge in [-0.05, 0) is 50.7 Å². The van der Waals surface area contributed by atoms with Crippen molar-refractivity contribution in [2.45, 2.75) is 44.8 Å². The van der Waals surface area contributed by atoms with Crippen LogP contribution >= 0.6 is 11.3 Å². The first-order valence-corrected chi connectivity index (χ1v) is 11.0. The Balaban J connectivity index is 1.27. The van der Waals surface area contributed by atoms with Crippen molar-refractivity contribution in [3.63, 3.8) is 0 Å². The van der Waals surface area contributed by atoms with Crippen LogP contribution in [0.3, 0.4) is 0 Å². The number of thiazole rings is 1. The minimum Gasteiger partial charge on any atom is -0.479 e. The highest BCUT2D eigenvalue weighted by Crippen LogP contribution is 2.37. The van der Waals surface area contributed by atoms with Gasteiger partial charge in [-0.1, -0.05) is 0 Å². The van der Waals surface area contributed by atoms with Crippen molar-refractivity contribution in [2.75, 3.05) is 13.3 Å². The van der Waals surface area contributed by atoms with Crippen LogP contribution in [0.5, 0.6) is 23.1 Å². The number of aliphatic carboxylic acids is 1. The normalized spacial score (nSPS) is 20.8. The first-order valence-electron chi connectivity index (χ1n) is 10.2. The molecule has 1 aliphatic carbocycles. The van der Waals surface area contributed by atoms with Gasteiger partial charge in [0.15, 0.2) is 22.5 Å². The fraction of sp³-hybridized carbons (Fsp3) is 0.476. The van der Waals surface area contributed by atoms with Gasteiger partial charge in [-0.2, -0.15) is 0 Å². The van der Waals surface area contributed by atoms with Gasteiger partial charge in [0.25, 0.3) is 5.91 Å².